The minimum absolute atomic E-state index is 0.0715. The summed E-state index contributed by atoms with van der Waals surface area (Å²) >= 11 is 0. The van der Waals surface area contributed by atoms with Crippen molar-refractivity contribution in [1.29, 1.82) is 0 Å². The van der Waals surface area contributed by atoms with Crippen LogP contribution in [0.4, 0.5) is 16.2 Å². The molecule has 0 radical (unpaired) electrons. The van der Waals surface area contributed by atoms with Gasteiger partial charge in [-0.1, -0.05) is 6.07 Å². The minimum Gasteiger partial charge on any atom is -0.449 e. The van der Waals surface area contributed by atoms with Crippen LogP contribution in [-0.4, -0.2) is 30.7 Å². The number of anilines is 1. The molecular weight excluding hydrogens is 250 g/mol. The molecule has 1 saturated heterocycles. The van der Waals surface area contributed by atoms with Crippen LogP contribution in [0.3, 0.4) is 0 Å². The lowest BCUT2D eigenvalue weighted by Crippen LogP contribution is -2.20. The molecule has 1 unspecified atom stereocenters. The van der Waals surface area contributed by atoms with Crippen LogP contribution >= 0.6 is 0 Å². The summed E-state index contributed by atoms with van der Waals surface area (Å²) in [6.07, 6.45) is 0.400. The highest BCUT2D eigenvalue weighted by molar-refractivity contribution is 5.85. The zero-order valence-electron chi connectivity index (χ0n) is 10.3. The molecule has 2 rings (SSSR count). The van der Waals surface area contributed by atoms with Crippen molar-refractivity contribution in [2.45, 2.75) is 6.42 Å². The molecule has 1 amide bonds. The summed E-state index contributed by atoms with van der Waals surface area (Å²) in [5.41, 5.74) is 0.279. The van der Waals surface area contributed by atoms with E-state index in [1.165, 1.54) is 18.2 Å². The number of ether oxygens (including phenoxy) is 1. The Morgan fingerprint density at radius 1 is 1.58 bits per heavy atom. The molecule has 102 valence electrons. The van der Waals surface area contributed by atoms with Gasteiger partial charge in [-0.25, -0.2) is 4.79 Å². The Labute approximate surface area is 110 Å². The van der Waals surface area contributed by atoms with Crippen molar-refractivity contribution in [3.8, 4) is 0 Å². The average molecular weight is 265 g/mol. The second-order valence-electron chi connectivity index (χ2n) is 4.39. The Bertz CT molecular complexity index is 472. The normalized spacial score (nSPS) is 18.0. The molecule has 7 nitrogen and oxygen atoms in total. The summed E-state index contributed by atoms with van der Waals surface area (Å²) in [6, 6.07) is 5.74. The van der Waals surface area contributed by atoms with Gasteiger partial charge in [0.25, 0.3) is 5.69 Å². The van der Waals surface area contributed by atoms with Gasteiger partial charge in [-0.15, -0.1) is 0 Å². The predicted octanol–water partition coefficient (Wildman–Crippen LogP) is 1.75. The smallest absolute Gasteiger partial charge is 0.411 e. The Morgan fingerprint density at radius 3 is 3.11 bits per heavy atom. The molecular formula is C12H15N3O4. The molecule has 0 aliphatic carbocycles. The SMILES string of the molecule is O=C(Nc1cccc([N+](=O)[O-])c1)OCC1CCNC1. The van der Waals surface area contributed by atoms with Crippen molar-refractivity contribution in [3.63, 3.8) is 0 Å². The number of amides is 1. The largest absolute Gasteiger partial charge is 0.449 e. The molecule has 1 atom stereocenters. The summed E-state index contributed by atoms with van der Waals surface area (Å²) < 4.78 is 5.07. The average Bonchev–Trinajstić information content (AvgIpc) is 2.90. The second-order valence-corrected chi connectivity index (χ2v) is 4.39. The number of nitrogens with one attached hydrogen (secondary N) is 2. The number of rotatable bonds is 4. The van der Waals surface area contributed by atoms with Gasteiger partial charge in [-0.2, -0.15) is 0 Å². The third kappa shape index (κ3) is 3.92. The van der Waals surface area contributed by atoms with E-state index in [-0.39, 0.29) is 5.69 Å². The first kappa shape index (κ1) is 13.3. The molecule has 7 heteroatoms. The van der Waals surface area contributed by atoms with Gasteiger partial charge in [0.2, 0.25) is 0 Å². The van der Waals surface area contributed by atoms with Crippen molar-refractivity contribution >= 4 is 17.5 Å². The zero-order valence-corrected chi connectivity index (χ0v) is 10.3. The fourth-order valence-corrected chi connectivity index (χ4v) is 1.90. The van der Waals surface area contributed by atoms with Crippen LogP contribution in [0.1, 0.15) is 6.42 Å². The Morgan fingerprint density at radius 2 is 2.42 bits per heavy atom. The van der Waals surface area contributed by atoms with E-state index in [0.29, 0.717) is 18.2 Å². The maximum atomic E-state index is 11.5. The summed E-state index contributed by atoms with van der Waals surface area (Å²) in [7, 11) is 0. The highest BCUT2D eigenvalue weighted by atomic mass is 16.6. The molecule has 1 aromatic carbocycles. The van der Waals surface area contributed by atoms with Crippen LogP contribution < -0.4 is 10.6 Å². The first-order valence-corrected chi connectivity index (χ1v) is 6.04. The molecule has 1 heterocycles. The monoisotopic (exact) mass is 265 g/mol. The van der Waals surface area contributed by atoms with E-state index >= 15 is 0 Å². The van der Waals surface area contributed by atoms with Crippen LogP contribution in [0.5, 0.6) is 0 Å². The molecule has 1 aromatic rings. The summed E-state index contributed by atoms with van der Waals surface area (Å²) in [6.45, 7) is 2.15. The minimum atomic E-state index is -0.590. The number of hydrogen-bond donors (Lipinski definition) is 2. The maximum Gasteiger partial charge on any atom is 0.411 e. The van der Waals surface area contributed by atoms with Gasteiger partial charge < -0.3 is 10.1 Å². The number of non-ortho nitro benzene ring substituents is 1. The van der Waals surface area contributed by atoms with E-state index < -0.39 is 11.0 Å². The first-order valence-electron chi connectivity index (χ1n) is 6.04. The lowest BCUT2D eigenvalue weighted by Gasteiger charge is -2.10. The molecule has 1 fully saturated rings. The Hall–Kier alpha value is -2.15. The van der Waals surface area contributed by atoms with Crippen LogP contribution in [0, 0.1) is 16.0 Å². The number of nitro benzene ring substituents is 1. The lowest BCUT2D eigenvalue weighted by molar-refractivity contribution is -0.384. The van der Waals surface area contributed by atoms with Gasteiger partial charge in [0, 0.05) is 24.6 Å². The number of benzene rings is 1. The van der Waals surface area contributed by atoms with Gasteiger partial charge >= 0.3 is 6.09 Å². The lowest BCUT2D eigenvalue weighted by atomic mass is 10.1. The van der Waals surface area contributed by atoms with Gasteiger partial charge in [-0.05, 0) is 19.0 Å². The maximum absolute atomic E-state index is 11.5. The standard InChI is InChI=1S/C12H15N3O4/c16-12(19-8-9-4-5-13-7-9)14-10-2-1-3-11(6-10)15(17)18/h1-3,6,9,13H,4-5,7-8H2,(H,14,16). The number of hydrogen-bond acceptors (Lipinski definition) is 5. The van der Waals surface area contributed by atoms with Crippen LogP contribution in [0.15, 0.2) is 24.3 Å². The van der Waals surface area contributed by atoms with Crippen molar-refractivity contribution in [2.24, 2.45) is 5.92 Å². The van der Waals surface area contributed by atoms with E-state index in [1.54, 1.807) is 6.07 Å². The number of nitro groups is 1. The molecule has 19 heavy (non-hydrogen) atoms. The third-order valence-corrected chi connectivity index (χ3v) is 2.92. The van der Waals surface area contributed by atoms with Crippen molar-refractivity contribution in [3.05, 3.63) is 34.4 Å². The van der Waals surface area contributed by atoms with Gasteiger partial charge in [0.15, 0.2) is 0 Å². The number of nitrogens with zero attached hydrogens (tertiary/aromatic N) is 1. The van der Waals surface area contributed by atoms with Crippen LogP contribution in [-0.2, 0) is 4.74 Å². The highest BCUT2D eigenvalue weighted by Crippen LogP contribution is 2.17. The van der Waals surface area contributed by atoms with E-state index in [0.717, 1.165) is 19.5 Å². The van der Waals surface area contributed by atoms with E-state index in [2.05, 4.69) is 10.6 Å². The van der Waals surface area contributed by atoms with Gasteiger partial charge in [0.05, 0.1) is 17.2 Å². The van der Waals surface area contributed by atoms with E-state index in [4.69, 9.17) is 4.74 Å². The predicted molar refractivity (Wildman–Crippen MR) is 69.0 cm³/mol. The molecule has 0 bridgehead atoms. The molecule has 1 aliphatic heterocycles. The van der Waals surface area contributed by atoms with Gasteiger partial charge in [-0.3, -0.25) is 15.4 Å². The number of carbonyl (C=O) groups excluding carboxylic acids is 1. The summed E-state index contributed by atoms with van der Waals surface area (Å²) in [5, 5.41) is 16.2. The molecule has 2 N–H and O–H groups in total. The molecule has 0 spiro atoms. The molecule has 0 aromatic heterocycles. The topological polar surface area (TPSA) is 93.5 Å². The van der Waals surface area contributed by atoms with Gasteiger partial charge in [0.1, 0.15) is 0 Å². The van der Waals surface area contributed by atoms with Crippen molar-refractivity contribution < 1.29 is 14.5 Å². The molecule has 1 aliphatic rings. The summed E-state index contributed by atoms with van der Waals surface area (Å²) in [5.74, 6) is 0.343. The Balaban J connectivity index is 1.84. The van der Waals surface area contributed by atoms with E-state index in [1.807, 2.05) is 0 Å². The Kier molecular flexibility index (Phi) is 4.30. The zero-order chi connectivity index (χ0) is 13.7. The van der Waals surface area contributed by atoms with Crippen LogP contribution in [0.2, 0.25) is 0 Å². The van der Waals surface area contributed by atoms with E-state index in [9.17, 15) is 14.9 Å². The second kappa shape index (κ2) is 6.14. The van der Waals surface area contributed by atoms with Crippen molar-refractivity contribution in [2.75, 3.05) is 25.0 Å². The quantitative estimate of drug-likeness (QED) is 0.639. The summed E-state index contributed by atoms with van der Waals surface area (Å²) in [4.78, 5) is 21.6. The molecule has 0 saturated carbocycles. The highest BCUT2D eigenvalue weighted by Gasteiger charge is 2.16. The van der Waals surface area contributed by atoms with Crippen LogP contribution in [0.25, 0.3) is 0 Å². The number of carbonyl (C=O) groups is 1. The third-order valence-electron chi connectivity index (χ3n) is 2.92. The first-order chi connectivity index (χ1) is 9.15. The van der Waals surface area contributed by atoms with Crippen molar-refractivity contribution in [1.82, 2.24) is 5.32 Å². The fourth-order valence-electron chi connectivity index (χ4n) is 1.90. The fraction of sp³-hybridized carbons (Fsp3) is 0.417.